The average molecular weight is 366 g/mol. The van der Waals surface area contributed by atoms with Crippen LogP contribution in [-0.4, -0.2) is 33.8 Å². The van der Waals surface area contributed by atoms with Gasteiger partial charge in [0.2, 0.25) is 5.91 Å². The Morgan fingerprint density at radius 2 is 2.12 bits per heavy atom. The van der Waals surface area contributed by atoms with E-state index in [2.05, 4.69) is 15.2 Å². The normalized spacial score (nSPS) is 11.1. The van der Waals surface area contributed by atoms with E-state index in [1.165, 1.54) is 47.2 Å². The van der Waals surface area contributed by atoms with Crippen LogP contribution in [0.15, 0.2) is 36.4 Å². The summed E-state index contributed by atoms with van der Waals surface area (Å²) in [6.45, 7) is -0.673. The number of nitrogens with one attached hydrogen (secondary N) is 1. The van der Waals surface area contributed by atoms with E-state index in [4.69, 9.17) is 0 Å². The summed E-state index contributed by atoms with van der Waals surface area (Å²) in [6.07, 6.45) is 2.81. The van der Waals surface area contributed by atoms with Crippen molar-refractivity contribution < 1.29 is 23.2 Å². The number of halogens is 2. The first-order valence-electron chi connectivity index (χ1n) is 7.55. The average Bonchev–Trinajstić information content (AvgIpc) is 2.95. The summed E-state index contributed by atoms with van der Waals surface area (Å²) in [5, 5.41) is 17.1. The Kier molecular flexibility index (Phi) is 6.36. The number of ether oxygens (including phenoxy) is 1. The van der Waals surface area contributed by atoms with Gasteiger partial charge in [-0.25, -0.2) is 0 Å². The van der Waals surface area contributed by atoms with E-state index in [0.29, 0.717) is 17.8 Å². The zero-order valence-corrected chi connectivity index (χ0v) is 13.8. The quantitative estimate of drug-likeness (QED) is 0.440. The fraction of sp³-hybridized carbons (Fsp3) is 0.250. The maximum Gasteiger partial charge on any atom is 0.390 e. The lowest BCUT2D eigenvalue weighted by Gasteiger charge is -2.04. The van der Waals surface area contributed by atoms with Gasteiger partial charge in [-0.1, -0.05) is 12.1 Å². The number of amides is 1. The fourth-order valence-electron chi connectivity index (χ4n) is 2.08. The van der Waals surface area contributed by atoms with Crippen LogP contribution >= 0.6 is 0 Å². The maximum atomic E-state index is 12.1. The largest absolute Gasteiger partial charge is 0.435 e. The zero-order valence-electron chi connectivity index (χ0n) is 13.8. The van der Waals surface area contributed by atoms with Crippen LogP contribution < -0.4 is 10.1 Å². The lowest BCUT2D eigenvalue weighted by atomic mass is 10.2. The van der Waals surface area contributed by atoms with Gasteiger partial charge in [0, 0.05) is 12.6 Å². The van der Waals surface area contributed by atoms with Crippen LogP contribution in [0.4, 0.5) is 14.6 Å². The van der Waals surface area contributed by atoms with Gasteiger partial charge in [0.25, 0.3) is 0 Å². The van der Waals surface area contributed by atoms with E-state index in [1.54, 1.807) is 6.92 Å². The highest BCUT2D eigenvalue weighted by molar-refractivity contribution is 5.91. The van der Waals surface area contributed by atoms with Gasteiger partial charge in [-0.05, 0) is 35.6 Å². The van der Waals surface area contributed by atoms with Crippen LogP contribution in [0.3, 0.4) is 0 Å². The molecule has 0 aliphatic heterocycles. The zero-order chi connectivity index (χ0) is 19.1. The Morgan fingerprint density at radius 3 is 2.69 bits per heavy atom. The summed E-state index contributed by atoms with van der Waals surface area (Å²) >= 11 is 0. The molecule has 0 fully saturated rings. The first kappa shape index (κ1) is 19.0. The standard InChI is InChI=1S/C16H16F2N4O4/c1-11-10-14(22(24)25)20-21(11)9-8-19-15(23)7-4-12-2-5-13(6-3-12)26-16(17)18/h2-7,10,16H,8-9H2,1H3,(H,19,23)/b7-4-. The van der Waals surface area contributed by atoms with Gasteiger partial charge in [0.1, 0.15) is 5.75 Å². The highest BCUT2D eigenvalue weighted by Crippen LogP contribution is 2.15. The minimum Gasteiger partial charge on any atom is -0.435 e. The number of nitro groups is 1. The Hall–Kier alpha value is -3.30. The van der Waals surface area contributed by atoms with Gasteiger partial charge in [-0.2, -0.15) is 13.5 Å². The number of aromatic nitrogens is 2. The van der Waals surface area contributed by atoms with E-state index < -0.39 is 11.5 Å². The molecule has 1 heterocycles. The second-order valence-electron chi connectivity index (χ2n) is 5.20. The molecule has 0 unspecified atom stereocenters. The fourth-order valence-corrected chi connectivity index (χ4v) is 2.08. The number of rotatable bonds is 8. The number of aryl methyl sites for hydroxylation is 1. The Morgan fingerprint density at radius 1 is 1.42 bits per heavy atom. The van der Waals surface area contributed by atoms with Gasteiger partial charge in [-0.3, -0.25) is 4.79 Å². The molecule has 0 saturated heterocycles. The smallest absolute Gasteiger partial charge is 0.390 e. The van der Waals surface area contributed by atoms with Gasteiger partial charge >= 0.3 is 12.4 Å². The van der Waals surface area contributed by atoms with Crippen molar-refractivity contribution in [2.24, 2.45) is 0 Å². The third-order valence-corrected chi connectivity index (χ3v) is 3.31. The van der Waals surface area contributed by atoms with Crippen molar-refractivity contribution in [2.75, 3.05) is 6.54 Å². The molecule has 26 heavy (non-hydrogen) atoms. The summed E-state index contributed by atoms with van der Waals surface area (Å²) in [5.41, 5.74) is 1.26. The number of nitrogens with zero attached hydrogens (tertiary/aromatic N) is 3. The third kappa shape index (κ3) is 5.65. The maximum absolute atomic E-state index is 12.1. The minimum atomic E-state index is -2.89. The Balaban J connectivity index is 1.81. The molecule has 0 atom stereocenters. The highest BCUT2D eigenvalue weighted by Gasteiger charge is 2.14. The van der Waals surface area contributed by atoms with Crippen molar-refractivity contribution in [3.05, 3.63) is 57.8 Å². The van der Waals surface area contributed by atoms with Crippen molar-refractivity contribution in [1.29, 1.82) is 0 Å². The Labute approximate surface area is 147 Å². The summed E-state index contributed by atoms with van der Waals surface area (Å²) in [6, 6.07) is 7.17. The number of benzene rings is 1. The molecule has 1 aromatic heterocycles. The molecule has 1 N–H and O–H groups in total. The van der Waals surface area contributed by atoms with E-state index in [0.717, 1.165) is 0 Å². The molecule has 0 radical (unpaired) electrons. The predicted octanol–water partition coefficient (Wildman–Crippen LogP) is 2.53. The topological polar surface area (TPSA) is 99.3 Å². The van der Waals surface area contributed by atoms with Crippen LogP contribution in [0, 0.1) is 17.0 Å². The van der Waals surface area contributed by atoms with Crippen LogP contribution in [0.5, 0.6) is 5.75 Å². The molecule has 10 heteroatoms. The summed E-state index contributed by atoms with van der Waals surface area (Å²) in [4.78, 5) is 21.8. The number of hydrogen-bond donors (Lipinski definition) is 1. The minimum absolute atomic E-state index is 0.0327. The lowest BCUT2D eigenvalue weighted by molar-refractivity contribution is -0.389. The van der Waals surface area contributed by atoms with Crippen molar-refractivity contribution in [2.45, 2.75) is 20.1 Å². The van der Waals surface area contributed by atoms with Crippen molar-refractivity contribution in [3.63, 3.8) is 0 Å². The van der Waals surface area contributed by atoms with Crippen molar-refractivity contribution in [1.82, 2.24) is 15.1 Å². The van der Waals surface area contributed by atoms with Crippen LogP contribution in [0.25, 0.3) is 6.08 Å². The van der Waals surface area contributed by atoms with Crippen molar-refractivity contribution >= 4 is 17.8 Å². The summed E-state index contributed by atoms with van der Waals surface area (Å²) in [7, 11) is 0. The molecular weight excluding hydrogens is 350 g/mol. The second-order valence-corrected chi connectivity index (χ2v) is 5.20. The molecule has 0 aliphatic rings. The molecule has 0 saturated carbocycles. The van der Waals surface area contributed by atoms with Gasteiger partial charge < -0.3 is 20.2 Å². The predicted molar refractivity (Wildman–Crippen MR) is 88.7 cm³/mol. The molecule has 2 rings (SSSR count). The molecule has 2 aromatic rings. The first-order chi connectivity index (χ1) is 12.3. The summed E-state index contributed by atoms with van der Waals surface area (Å²) < 4.78 is 29.8. The molecule has 8 nitrogen and oxygen atoms in total. The van der Waals surface area contributed by atoms with E-state index in [-0.39, 0.29) is 24.0 Å². The number of hydrogen-bond acceptors (Lipinski definition) is 5. The molecule has 1 amide bonds. The molecule has 0 aliphatic carbocycles. The molecule has 0 spiro atoms. The number of carbonyl (C=O) groups excluding carboxylic acids is 1. The van der Waals surface area contributed by atoms with E-state index >= 15 is 0 Å². The molecular formula is C16H16F2N4O4. The van der Waals surface area contributed by atoms with Gasteiger partial charge in [-0.15, -0.1) is 0 Å². The van der Waals surface area contributed by atoms with Crippen LogP contribution in [-0.2, 0) is 11.3 Å². The van der Waals surface area contributed by atoms with Crippen LogP contribution in [0.2, 0.25) is 0 Å². The molecule has 138 valence electrons. The van der Waals surface area contributed by atoms with Crippen molar-refractivity contribution in [3.8, 4) is 5.75 Å². The molecule has 0 bridgehead atoms. The number of carbonyl (C=O) groups is 1. The van der Waals surface area contributed by atoms with Gasteiger partial charge in [0.15, 0.2) is 0 Å². The van der Waals surface area contributed by atoms with Gasteiger partial charge in [0.05, 0.1) is 23.4 Å². The SMILES string of the molecule is Cc1cc([N+](=O)[O-])nn1CCNC(=O)/C=C\c1ccc(OC(F)F)cc1. The number of alkyl halides is 2. The third-order valence-electron chi connectivity index (χ3n) is 3.31. The first-order valence-corrected chi connectivity index (χ1v) is 7.55. The Bertz CT molecular complexity index is 803. The van der Waals surface area contributed by atoms with E-state index in [9.17, 15) is 23.7 Å². The second kappa shape index (κ2) is 8.70. The monoisotopic (exact) mass is 366 g/mol. The lowest BCUT2D eigenvalue weighted by Crippen LogP contribution is -2.26. The van der Waals surface area contributed by atoms with E-state index in [1.807, 2.05) is 0 Å². The highest BCUT2D eigenvalue weighted by atomic mass is 19.3. The summed E-state index contributed by atoms with van der Waals surface area (Å²) in [5.74, 6) is -0.574. The molecule has 1 aromatic carbocycles. The van der Waals surface area contributed by atoms with Crippen LogP contribution in [0.1, 0.15) is 11.3 Å².